The summed E-state index contributed by atoms with van der Waals surface area (Å²) in [5.41, 5.74) is 0.305. The molecule has 1 aliphatic rings. The molecule has 1 aliphatic heterocycles. The lowest BCUT2D eigenvalue weighted by Gasteiger charge is -2.29. The summed E-state index contributed by atoms with van der Waals surface area (Å²) in [5.74, 6) is -0.169. The molecule has 2 rings (SSSR count). The largest absolute Gasteiger partial charge is 0.391 e. The molecule has 0 spiro atoms. The maximum absolute atomic E-state index is 11.7. The van der Waals surface area contributed by atoms with Crippen molar-refractivity contribution in [2.45, 2.75) is 18.9 Å². The van der Waals surface area contributed by atoms with Gasteiger partial charge in [-0.3, -0.25) is 4.79 Å². The van der Waals surface area contributed by atoms with Crippen LogP contribution in [0.15, 0.2) is 6.20 Å². The van der Waals surface area contributed by atoms with Gasteiger partial charge in [-0.1, -0.05) is 0 Å². The third-order valence-corrected chi connectivity index (χ3v) is 2.32. The van der Waals surface area contributed by atoms with Crippen molar-refractivity contribution in [2.24, 2.45) is 0 Å². The summed E-state index contributed by atoms with van der Waals surface area (Å²) in [6, 6.07) is 0. The molecular weight excluding hydrogens is 184 g/mol. The Balaban J connectivity index is 2.04. The van der Waals surface area contributed by atoms with Gasteiger partial charge in [0.1, 0.15) is 0 Å². The SMILES string of the molecule is O=C(c1cn[nH]n1)N1CCCC(O)C1. The average molecular weight is 196 g/mol. The first-order valence-electron chi connectivity index (χ1n) is 4.60. The van der Waals surface area contributed by atoms with Crippen molar-refractivity contribution in [2.75, 3.05) is 13.1 Å². The van der Waals surface area contributed by atoms with Crippen LogP contribution in [0.4, 0.5) is 0 Å². The fourth-order valence-electron chi connectivity index (χ4n) is 1.61. The van der Waals surface area contributed by atoms with E-state index in [1.807, 2.05) is 0 Å². The summed E-state index contributed by atoms with van der Waals surface area (Å²) >= 11 is 0. The van der Waals surface area contributed by atoms with Crippen molar-refractivity contribution in [1.82, 2.24) is 20.3 Å². The molecule has 6 nitrogen and oxygen atoms in total. The fraction of sp³-hybridized carbons (Fsp3) is 0.625. The van der Waals surface area contributed by atoms with Crippen molar-refractivity contribution in [1.29, 1.82) is 0 Å². The third-order valence-electron chi connectivity index (χ3n) is 2.32. The second kappa shape index (κ2) is 3.75. The molecular formula is C8H12N4O2. The van der Waals surface area contributed by atoms with Gasteiger partial charge in [-0.15, -0.1) is 0 Å². The molecule has 1 unspecified atom stereocenters. The molecule has 76 valence electrons. The van der Waals surface area contributed by atoms with Crippen LogP contribution in [0.5, 0.6) is 0 Å². The second-order valence-electron chi connectivity index (χ2n) is 3.40. The zero-order chi connectivity index (χ0) is 9.97. The lowest BCUT2D eigenvalue weighted by molar-refractivity contribution is 0.0469. The summed E-state index contributed by atoms with van der Waals surface area (Å²) < 4.78 is 0. The lowest BCUT2D eigenvalue weighted by Crippen LogP contribution is -2.42. The van der Waals surface area contributed by atoms with Crippen LogP contribution >= 0.6 is 0 Å². The van der Waals surface area contributed by atoms with Crippen molar-refractivity contribution in [3.63, 3.8) is 0 Å². The zero-order valence-corrected chi connectivity index (χ0v) is 7.68. The molecule has 0 aliphatic carbocycles. The first kappa shape index (κ1) is 9.14. The van der Waals surface area contributed by atoms with Gasteiger partial charge in [-0.05, 0) is 12.8 Å². The van der Waals surface area contributed by atoms with Crippen LogP contribution in [0.1, 0.15) is 23.3 Å². The van der Waals surface area contributed by atoms with Gasteiger partial charge in [0.25, 0.3) is 5.91 Å². The quantitative estimate of drug-likeness (QED) is 0.628. The van der Waals surface area contributed by atoms with E-state index in [0.717, 1.165) is 12.8 Å². The Labute approximate surface area is 80.9 Å². The van der Waals surface area contributed by atoms with E-state index in [2.05, 4.69) is 15.4 Å². The molecule has 1 atom stereocenters. The van der Waals surface area contributed by atoms with Gasteiger partial charge in [0, 0.05) is 13.1 Å². The molecule has 1 saturated heterocycles. The minimum Gasteiger partial charge on any atom is -0.391 e. The number of H-pyrrole nitrogens is 1. The summed E-state index contributed by atoms with van der Waals surface area (Å²) in [5, 5.41) is 19.1. The number of aromatic nitrogens is 3. The van der Waals surface area contributed by atoms with Gasteiger partial charge in [0.2, 0.25) is 0 Å². The monoisotopic (exact) mass is 196 g/mol. The predicted octanol–water partition coefficient (Wildman–Crippen LogP) is -0.598. The van der Waals surface area contributed by atoms with Crippen LogP contribution in [0, 0.1) is 0 Å². The second-order valence-corrected chi connectivity index (χ2v) is 3.40. The maximum atomic E-state index is 11.7. The van der Waals surface area contributed by atoms with E-state index >= 15 is 0 Å². The molecule has 0 bridgehead atoms. The van der Waals surface area contributed by atoms with E-state index in [1.54, 1.807) is 4.90 Å². The van der Waals surface area contributed by atoms with E-state index in [4.69, 9.17) is 0 Å². The summed E-state index contributed by atoms with van der Waals surface area (Å²) in [7, 11) is 0. The number of aliphatic hydroxyl groups is 1. The molecule has 14 heavy (non-hydrogen) atoms. The lowest BCUT2D eigenvalue weighted by atomic mass is 10.1. The summed E-state index contributed by atoms with van der Waals surface area (Å²) in [4.78, 5) is 13.3. The first-order valence-corrected chi connectivity index (χ1v) is 4.60. The zero-order valence-electron chi connectivity index (χ0n) is 7.68. The number of aromatic amines is 1. The minimum atomic E-state index is -0.403. The summed E-state index contributed by atoms with van der Waals surface area (Å²) in [6.45, 7) is 1.08. The number of nitrogens with zero attached hydrogens (tertiary/aromatic N) is 3. The number of aliphatic hydroxyl groups excluding tert-OH is 1. The van der Waals surface area contributed by atoms with Crippen LogP contribution in [-0.4, -0.2) is 50.5 Å². The molecule has 1 fully saturated rings. The van der Waals surface area contributed by atoms with Crippen molar-refractivity contribution < 1.29 is 9.90 Å². The number of β-amino-alcohol motifs (C(OH)–C–C–N with tert-alkyl or cyclic N) is 1. The number of carbonyl (C=O) groups excluding carboxylic acids is 1. The van der Waals surface area contributed by atoms with Crippen LogP contribution in [0.2, 0.25) is 0 Å². The summed E-state index contributed by atoms with van der Waals surface area (Å²) in [6.07, 6.45) is 2.59. The highest BCUT2D eigenvalue weighted by Gasteiger charge is 2.24. The van der Waals surface area contributed by atoms with Gasteiger partial charge in [-0.2, -0.15) is 15.4 Å². The molecule has 1 aromatic heterocycles. The van der Waals surface area contributed by atoms with Gasteiger partial charge >= 0.3 is 0 Å². The Morgan fingerprint density at radius 3 is 3.21 bits per heavy atom. The van der Waals surface area contributed by atoms with Gasteiger partial charge in [-0.25, -0.2) is 0 Å². The van der Waals surface area contributed by atoms with Crippen LogP contribution < -0.4 is 0 Å². The maximum Gasteiger partial charge on any atom is 0.276 e. The van der Waals surface area contributed by atoms with Gasteiger partial charge in [0.15, 0.2) is 5.69 Å². The number of nitrogens with one attached hydrogen (secondary N) is 1. The van der Waals surface area contributed by atoms with E-state index in [9.17, 15) is 9.90 Å². The fourth-order valence-corrected chi connectivity index (χ4v) is 1.61. The highest BCUT2D eigenvalue weighted by Crippen LogP contribution is 2.11. The standard InChI is InChI=1S/C8H12N4O2/c13-6-2-1-3-12(5-6)8(14)7-4-9-11-10-7/h4,6,13H,1-3,5H2,(H,9,10,11). The average Bonchev–Trinajstić information content (AvgIpc) is 2.69. The molecule has 1 aromatic rings. The molecule has 2 N–H and O–H groups in total. The Morgan fingerprint density at radius 2 is 2.57 bits per heavy atom. The van der Waals surface area contributed by atoms with Crippen LogP contribution in [0.3, 0.4) is 0 Å². The number of hydrogen-bond donors (Lipinski definition) is 2. The molecule has 6 heteroatoms. The van der Waals surface area contributed by atoms with Gasteiger partial charge < -0.3 is 10.0 Å². The first-order chi connectivity index (χ1) is 6.77. The number of piperidine rings is 1. The minimum absolute atomic E-state index is 0.169. The number of rotatable bonds is 1. The molecule has 0 aromatic carbocycles. The molecule has 2 heterocycles. The smallest absolute Gasteiger partial charge is 0.276 e. The molecule has 1 amide bonds. The Bertz CT molecular complexity index is 311. The van der Waals surface area contributed by atoms with E-state index in [0.29, 0.717) is 18.8 Å². The Morgan fingerprint density at radius 1 is 1.71 bits per heavy atom. The van der Waals surface area contributed by atoms with E-state index in [1.165, 1.54) is 6.20 Å². The van der Waals surface area contributed by atoms with E-state index < -0.39 is 6.10 Å². The van der Waals surface area contributed by atoms with Gasteiger partial charge in [0.05, 0.1) is 12.3 Å². The number of carbonyl (C=O) groups is 1. The Kier molecular flexibility index (Phi) is 2.45. The van der Waals surface area contributed by atoms with Crippen LogP contribution in [0.25, 0.3) is 0 Å². The highest BCUT2D eigenvalue weighted by atomic mass is 16.3. The van der Waals surface area contributed by atoms with E-state index in [-0.39, 0.29) is 5.91 Å². The van der Waals surface area contributed by atoms with Crippen molar-refractivity contribution in [3.8, 4) is 0 Å². The number of amides is 1. The number of hydrogen-bond acceptors (Lipinski definition) is 4. The molecule has 0 saturated carbocycles. The predicted molar refractivity (Wildman–Crippen MR) is 47.5 cm³/mol. The van der Waals surface area contributed by atoms with Crippen LogP contribution in [-0.2, 0) is 0 Å². The Hall–Kier alpha value is -1.43. The van der Waals surface area contributed by atoms with Crippen molar-refractivity contribution >= 4 is 5.91 Å². The highest BCUT2D eigenvalue weighted by molar-refractivity contribution is 5.91. The molecule has 0 radical (unpaired) electrons. The third kappa shape index (κ3) is 1.74. The number of likely N-dealkylation sites (tertiary alicyclic amines) is 1. The topological polar surface area (TPSA) is 82.1 Å². The van der Waals surface area contributed by atoms with Crippen molar-refractivity contribution in [3.05, 3.63) is 11.9 Å². The normalized spacial score (nSPS) is 22.4.